The molecule has 17 heavy (non-hydrogen) atoms. The van der Waals surface area contributed by atoms with Gasteiger partial charge in [0.25, 0.3) is 0 Å². The molecule has 0 radical (unpaired) electrons. The summed E-state index contributed by atoms with van der Waals surface area (Å²) in [6.07, 6.45) is 8.06. The van der Waals surface area contributed by atoms with Crippen molar-refractivity contribution in [1.82, 2.24) is 5.32 Å². The molecular weight excluding hydrogens is 278 g/mol. The summed E-state index contributed by atoms with van der Waals surface area (Å²) in [5.41, 5.74) is 0. The Bertz CT molecular complexity index is 226. The molecule has 1 amide bonds. The highest BCUT2D eigenvalue weighted by Crippen LogP contribution is 2.30. The Hall–Kier alpha value is -0.0500. The van der Waals surface area contributed by atoms with Crippen LogP contribution in [0.4, 0.5) is 0 Å². The van der Waals surface area contributed by atoms with E-state index in [2.05, 4.69) is 35.1 Å². The lowest BCUT2D eigenvalue weighted by Gasteiger charge is -2.19. The smallest absolute Gasteiger partial charge is 0.223 e. The second-order valence-corrected chi connectivity index (χ2v) is 6.40. The fraction of sp³-hybridized carbons (Fsp3) is 0.929. The molecule has 0 aromatic rings. The van der Waals surface area contributed by atoms with Gasteiger partial charge < -0.3 is 5.32 Å². The molecule has 100 valence electrons. The van der Waals surface area contributed by atoms with E-state index in [1.54, 1.807) is 0 Å². The summed E-state index contributed by atoms with van der Waals surface area (Å²) in [6.45, 7) is 5.17. The van der Waals surface area contributed by atoms with Crippen LogP contribution in [0.25, 0.3) is 0 Å². The maximum Gasteiger partial charge on any atom is 0.223 e. The monoisotopic (exact) mass is 303 g/mol. The van der Waals surface area contributed by atoms with Crippen LogP contribution < -0.4 is 5.32 Å². The van der Waals surface area contributed by atoms with E-state index < -0.39 is 0 Å². The molecule has 1 N–H and O–H groups in total. The molecule has 1 rings (SSSR count). The van der Waals surface area contributed by atoms with Crippen molar-refractivity contribution < 1.29 is 4.79 Å². The van der Waals surface area contributed by atoms with E-state index in [1.165, 1.54) is 19.3 Å². The maximum atomic E-state index is 12.1. The van der Waals surface area contributed by atoms with Gasteiger partial charge in [-0.3, -0.25) is 4.79 Å². The molecular formula is C14H26BrNO. The number of nitrogens with one attached hydrogen (secondary N) is 1. The second-order valence-electron chi connectivity index (χ2n) is 5.23. The Morgan fingerprint density at radius 3 is 2.41 bits per heavy atom. The highest BCUT2D eigenvalue weighted by Gasteiger charge is 2.26. The van der Waals surface area contributed by atoms with E-state index in [4.69, 9.17) is 0 Å². The number of rotatable bonds is 7. The number of hydrogen-bond acceptors (Lipinski definition) is 1. The normalized spacial score (nSPS) is 24.2. The molecule has 2 unspecified atom stereocenters. The molecule has 0 aromatic carbocycles. The minimum atomic E-state index is 0.236. The minimum absolute atomic E-state index is 0.236. The van der Waals surface area contributed by atoms with Gasteiger partial charge in [-0.15, -0.1) is 0 Å². The van der Waals surface area contributed by atoms with Gasteiger partial charge in [0, 0.05) is 17.3 Å². The SMILES string of the molecule is CCCC(CCC)C(=O)NCC1CCCC1Br. The zero-order chi connectivity index (χ0) is 12.7. The van der Waals surface area contributed by atoms with Crippen LogP contribution in [-0.4, -0.2) is 17.3 Å². The van der Waals surface area contributed by atoms with Gasteiger partial charge in [0.2, 0.25) is 5.91 Å². The van der Waals surface area contributed by atoms with E-state index >= 15 is 0 Å². The molecule has 0 spiro atoms. The van der Waals surface area contributed by atoms with Crippen molar-refractivity contribution >= 4 is 21.8 Å². The van der Waals surface area contributed by atoms with Crippen molar-refractivity contribution in [3.8, 4) is 0 Å². The van der Waals surface area contributed by atoms with Crippen LogP contribution in [0.15, 0.2) is 0 Å². The average molecular weight is 304 g/mol. The van der Waals surface area contributed by atoms with Gasteiger partial charge in [-0.1, -0.05) is 49.0 Å². The number of amides is 1. The topological polar surface area (TPSA) is 29.1 Å². The number of hydrogen-bond donors (Lipinski definition) is 1. The number of carbonyl (C=O) groups excluding carboxylic acids is 1. The van der Waals surface area contributed by atoms with Crippen molar-refractivity contribution in [3.63, 3.8) is 0 Å². The Kier molecular flexibility index (Phi) is 7.17. The third-order valence-corrected chi connectivity index (χ3v) is 4.96. The van der Waals surface area contributed by atoms with Gasteiger partial charge in [-0.05, 0) is 31.6 Å². The molecule has 3 heteroatoms. The minimum Gasteiger partial charge on any atom is -0.356 e. The molecule has 1 saturated carbocycles. The van der Waals surface area contributed by atoms with Crippen LogP contribution in [0.2, 0.25) is 0 Å². The summed E-state index contributed by atoms with van der Waals surface area (Å²) < 4.78 is 0. The van der Waals surface area contributed by atoms with Crippen molar-refractivity contribution in [1.29, 1.82) is 0 Å². The standard InChI is InChI=1S/C14H26BrNO/c1-3-6-11(7-4-2)14(17)16-10-12-8-5-9-13(12)15/h11-13H,3-10H2,1-2H3,(H,16,17). The van der Waals surface area contributed by atoms with Gasteiger partial charge in [0.1, 0.15) is 0 Å². The lowest BCUT2D eigenvalue weighted by atomic mass is 9.97. The third kappa shape index (κ3) is 4.99. The number of alkyl halides is 1. The van der Waals surface area contributed by atoms with Crippen LogP contribution in [0, 0.1) is 11.8 Å². The summed E-state index contributed by atoms with van der Waals surface area (Å²) in [5.74, 6) is 1.16. The predicted octanol–water partition coefficient (Wildman–Crippen LogP) is 3.88. The Balaban J connectivity index is 2.30. The first kappa shape index (κ1) is 15.0. The van der Waals surface area contributed by atoms with Gasteiger partial charge in [0.15, 0.2) is 0 Å². The number of carbonyl (C=O) groups is 1. The summed E-state index contributed by atoms with van der Waals surface area (Å²) in [6, 6.07) is 0. The van der Waals surface area contributed by atoms with Crippen molar-refractivity contribution in [2.45, 2.75) is 63.6 Å². The van der Waals surface area contributed by atoms with E-state index in [0.717, 1.165) is 32.2 Å². The Morgan fingerprint density at radius 1 is 1.29 bits per heavy atom. The highest BCUT2D eigenvalue weighted by molar-refractivity contribution is 9.09. The van der Waals surface area contributed by atoms with E-state index in [1.807, 2.05) is 0 Å². The van der Waals surface area contributed by atoms with E-state index in [-0.39, 0.29) is 11.8 Å². The molecule has 2 atom stereocenters. The predicted molar refractivity (Wildman–Crippen MR) is 76.4 cm³/mol. The zero-order valence-electron chi connectivity index (χ0n) is 11.2. The van der Waals surface area contributed by atoms with Gasteiger partial charge >= 0.3 is 0 Å². The van der Waals surface area contributed by atoms with Gasteiger partial charge in [-0.2, -0.15) is 0 Å². The Labute approximate surface area is 114 Å². The van der Waals surface area contributed by atoms with Crippen LogP contribution in [0.3, 0.4) is 0 Å². The van der Waals surface area contributed by atoms with Crippen molar-refractivity contribution in [3.05, 3.63) is 0 Å². The van der Waals surface area contributed by atoms with Crippen LogP contribution in [0.5, 0.6) is 0 Å². The third-order valence-electron chi connectivity index (χ3n) is 3.75. The quantitative estimate of drug-likeness (QED) is 0.711. The van der Waals surface area contributed by atoms with Crippen molar-refractivity contribution in [2.75, 3.05) is 6.54 Å². The summed E-state index contributed by atoms with van der Waals surface area (Å²) in [5, 5.41) is 3.16. The first-order chi connectivity index (χ1) is 8.19. The summed E-state index contributed by atoms with van der Waals surface area (Å²) in [7, 11) is 0. The maximum absolute atomic E-state index is 12.1. The summed E-state index contributed by atoms with van der Waals surface area (Å²) in [4.78, 5) is 12.7. The van der Waals surface area contributed by atoms with Crippen LogP contribution in [-0.2, 0) is 4.79 Å². The molecule has 0 bridgehead atoms. The molecule has 1 aliphatic rings. The molecule has 0 heterocycles. The second kappa shape index (κ2) is 8.12. The lowest BCUT2D eigenvalue weighted by molar-refractivity contribution is -0.125. The Morgan fingerprint density at radius 2 is 1.94 bits per heavy atom. The van der Waals surface area contributed by atoms with Gasteiger partial charge in [-0.25, -0.2) is 0 Å². The zero-order valence-corrected chi connectivity index (χ0v) is 12.8. The molecule has 2 nitrogen and oxygen atoms in total. The van der Waals surface area contributed by atoms with Crippen LogP contribution in [0.1, 0.15) is 58.8 Å². The fourth-order valence-electron chi connectivity index (χ4n) is 2.70. The van der Waals surface area contributed by atoms with Crippen molar-refractivity contribution in [2.24, 2.45) is 11.8 Å². The lowest BCUT2D eigenvalue weighted by Crippen LogP contribution is -2.35. The largest absolute Gasteiger partial charge is 0.356 e. The highest BCUT2D eigenvalue weighted by atomic mass is 79.9. The molecule has 1 fully saturated rings. The van der Waals surface area contributed by atoms with E-state index in [0.29, 0.717) is 10.7 Å². The van der Waals surface area contributed by atoms with E-state index in [9.17, 15) is 4.79 Å². The van der Waals surface area contributed by atoms with Crippen LogP contribution >= 0.6 is 15.9 Å². The average Bonchev–Trinajstić information content (AvgIpc) is 2.71. The first-order valence-electron chi connectivity index (χ1n) is 7.10. The fourth-order valence-corrected chi connectivity index (χ4v) is 3.48. The summed E-state index contributed by atoms with van der Waals surface area (Å²) >= 11 is 3.70. The molecule has 0 saturated heterocycles. The molecule has 1 aliphatic carbocycles. The van der Waals surface area contributed by atoms with Gasteiger partial charge in [0.05, 0.1) is 0 Å². The molecule has 0 aromatic heterocycles. The first-order valence-corrected chi connectivity index (χ1v) is 8.02. The molecule has 0 aliphatic heterocycles. The number of halogens is 1.